The number of hydrogen-bond donors (Lipinski definition) is 0. The number of hydrogen-bond acceptors (Lipinski definition) is 4. The number of rotatable bonds is 4. The third kappa shape index (κ3) is 3.60. The molecular formula is C18H16ClN3S. The maximum atomic E-state index is 6.23. The third-order valence-electron chi connectivity index (χ3n) is 3.48. The first-order chi connectivity index (χ1) is 11.1. The quantitative estimate of drug-likeness (QED) is 0.479. The van der Waals surface area contributed by atoms with Gasteiger partial charge in [0, 0.05) is 23.0 Å². The molecule has 0 aliphatic heterocycles. The van der Waals surface area contributed by atoms with E-state index in [1.165, 1.54) is 5.56 Å². The number of halogens is 1. The summed E-state index contributed by atoms with van der Waals surface area (Å²) in [4.78, 5) is 4.62. The van der Waals surface area contributed by atoms with Crippen LogP contribution in [-0.2, 0) is 0 Å². The summed E-state index contributed by atoms with van der Waals surface area (Å²) in [6.07, 6.45) is 1.85. The maximum absolute atomic E-state index is 6.23. The van der Waals surface area contributed by atoms with Gasteiger partial charge in [0.05, 0.1) is 11.9 Å². The van der Waals surface area contributed by atoms with Crippen LogP contribution in [0.5, 0.6) is 0 Å². The van der Waals surface area contributed by atoms with Crippen molar-refractivity contribution in [2.45, 2.75) is 6.92 Å². The smallest absolute Gasteiger partial charge is 0.206 e. The minimum atomic E-state index is 0.704. The molecule has 0 aliphatic carbocycles. The van der Waals surface area contributed by atoms with Gasteiger partial charge >= 0.3 is 0 Å². The Morgan fingerprint density at radius 2 is 1.87 bits per heavy atom. The van der Waals surface area contributed by atoms with Crippen LogP contribution < -0.4 is 5.01 Å². The normalized spacial score (nSPS) is 11.1. The standard InChI is InChI=1S/C18H16ClN3S/c1-13-7-3-4-8-14(13)11-20-22(2)18-21-17(12-23-18)15-9-5-6-10-16(15)19/h3-12H,1-2H3/b20-11+. The van der Waals surface area contributed by atoms with Crippen LogP contribution in [0.15, 0.2) is 59.0 Å². The van der Waals surface area contributed by atoms with E-state index in [1.807, 2.05) is 61.1 Å². The van der Waals surface area contributed by atoms with Crippen LogP contribution in [0.1, 0.15) is 11.1 Å². The Morgan fingerprint density at radius 1 is 1.13 bits per heavy atom. The molecule has 0 amide bonds. The molecule has 0 saturated heterocycles. The Bertz CT molecular complexity index is 842. The van der Waals surface area contributed by atoms with E-state index in [-0.39, 0.29) is 0 Å². The van der Waals surface area contributed by atoms with Gasteiger partial charge in [-0.25, -0.2) is 9.99 Å². The van der Waals surface area contributed by atoms with Crippen LogP contribution in [0.25, 0.3) is 11.3 Å². The fourth-order valence-corrected chi connectivity index (χ4v) is 3.12. The van der Waals surface area contributed by atoms with Gasteiger partial charge in [-0.3, -0.25) is 0 Å². The molecular weight excluding hydrogens is 326 g/mol. The monoisotopic (exact) mass is 341 g/mol. The summed E-state index contributed by atoms with van der Waals surface area (Å²) in [5, 5.41) is 9.78. The average Bonchev–Trinajstić information content (AvgIpc) is 3.04. The van der Waals surface area contributed by atoms with Gasteiger partial charge in [-0.2, -0.15) is 5.10 Å². The topological polar surface area (TPSA) is 28.5 Å². The lowest BCUT2D eigenvalue weighted by Gasteiger charge is -2.08. The highest BCUT2D eigenvalue weighted by atomic mass is 35.5. The Balaban J connectivity index is 1.80. The molecule has 0 atom stereocenters. The molecule has 0 aliphatic rings. The van der Waals surface area contributed by atoms with Gasteiger partial charge in [-0.1, -0.05) is 54.1 Å². The van der Waals surface area contributed by atoms with Gasteiger partial charge in [-0.15, -0.1) is 11.3 Å². The number of anilines is 1. The predicted molar refractivity (Wildman–Crippen MR) is 99.7 cm³/mol. The Labute approximate surface area is 144 Å². The number of hydrazone groups is 1. The number of aryl methyl sites for hydroxylation is 1. The van der Waals surface area contributed by atoms with E-state index in [4.69, 9.17) is 11.6 Å². The summed E-state index contributed by atoms with van der Waals surface area (Å²) in [5.74, 6) is 0. The number of nitrogens with zero attached hydrogens (tertiary/aromatic N) is 3. The highest BCUT2D eigenvalue weighted by Gasteiger charge is 2.10. The van der Waals surface area contributed by atoms with E-state index in [2.05, 4.69) is 23.1 Å². The van der Waals surface area contributed by atoms with Gasteiger partial charge in [0.2, 0.25) is 5.13 Å². The summed E-state index contributed by atoms with van der Waals surface area (Å²) >= 11 is 7.77. The van der Waals surface area contributed by atoms with Crippen molar-refractivity contribution < 1.29 is 0 Å². The van der Waals surface area contributed by atoms with Crippen LogP contribution in [0.2, 0.25) is 5.02 Å². The van der Waals surface area contributed by atoms with Crippen LogP contribution >= 0.6 is 22.9 Å². The van der Waals surface area contributed by atoms with E-state index in [9.17, 15) is 0 Å². The van der Waals surface area contributed by atoms with Crippen LogP contribution in [0.4, 0.5) is 5.13 Å². The first-order valence-corrected chi connectivity index (χ1v) is 8.44. The van der Waals surface area contributed by atoms with Gasteiger partial charge in [0.25, 0.3) is 0 Å². The van der Waals surface area contributed by atoms with Crippen molar-refractivity contribution in [3.8, 4) is 11.3 Å². The van der Waals surface area contributed by atoms with E-state index in [1.54, 1.807) is 16.3 Å². The van der Waals surface area contributed by atoms with Crippen LogP contribution in [0.3, 0.4) is 0 Å². The van der Waals surface area contributed by atoms with Gasteiger partial charge in [0.15, 0.2) is 0 Å². The maximum Gasteiger partial charge on any atom is 0.206 e. The molecule has 2 aromatic carbocycles. The second-order valence-electron chi connectivity index (χ2n) is 5.12. The van der Waals surface area contributed by atoms with Crippen molar-refractivity contribution in [3.05, 3.63) is 70.1 Å². The van der Waals surface area contributed by atoms with Crippen molar-refractivity contribution in [2.75, 3.05) is 12.1 Å². The molecule has 5 heteroatoms. The molecule has 3 aromatic rings. The molecule has 3 rings (SSSR count). The summed E-state index contributed by atoms with van der Waals surface area (Å²) < 4.78 is 0. The first kappa shape index (κ1) is 15.7. The molecule has 0 bridgehead atoms. The largest absolute Gasteiger partial charge is 0.242 e. The number of aromatic nitrogens is 1. The lowest BCUT2D eigenvalue weighted by molar-refractivity contribution is 1.01. The van der Waals surface area contributed by atoms with E-state index >= 15 is 0 Å². The fourth-order valence-electron chi connectivity index (χ4n) is 2.14. The summed E-state index contributed by atoms with van der Waals surface area (Å²) in [7, 11) is 1.89. The van der Waals surface area contributed by atoms with Crippen molar-refractivity contribution in [3.63, 3.8) is 0 Å². The van der Waals surface area contributed by atoms with Crippen LogP contribution in [0, 0.1) is 6.92 Å². The molecule has 3 nitrogen and oxygen atoms in total. The third-order valence-corrected chi connectivity index (χ3v) is 4.71. The van der Waals surface area contributed by atoms with Gasteiger partial charge < -0.3 is 0 Å². The van der Waals surface area contributed by atoms with Gasteiger partial charge in [-0.05, 0) is 24.1 Å². The minimum absolute atomic E-state index is 0.704. The minimum Gasteiger partial charge on any atom is -0.242 e. The Morgan fingerprint density at radius 3 is 2.65 bits per heavy atom. The molecule has 0 spiro atoms. The molecule has 0 N–H and O–H groups in total. The zero-order valence-electron chi connectivity index (χ0n) is 12.9. The molecule has 116 valence electrons. The predicted octanol–water partition coefficient (Wildman–Crippen LogP) is 5.24. The average molecular weight is 342 g/mol. The van der Waals surface area contributed by atoms with Crippen molar-refractivity contribution in [1.82, 2.24) is 4.98 Å². The molecule has 0 radical (unpaired) electrons. The van der Waals surface area contributed by atoms with E-state index in [0.717, 1.165) is 22.0 Å². The summed E-state index contributed by atoms with van der Waals surface area (Å²) in [5.41, 5.74) is 4.10. The highest BCUT2D eigenvalue weighted by molar-refractivity contribution is 7.14. The van der Waals surface area contributed by atoms with Crippen LogP contribution in [-0.4, -0.2) is 18.2 Å². The SMILES string of the molecule is Cc1ccccc1/C=N/N(C)c1nc(-c2ccccc2Cl)cs1. The fraction of sp³-hybridized carbons (Fsp3) is 0.111. The molecule has 0 fully saturated rings. The lowest BCUT2D eigenvalue weighted by Crippen LogP contribution is -2.08. The zero-order chi connectivity index (χ0) is 16.2. The summed E-state index contributed by atoms with van der Waals surface area (Å²) in [6.45, 7) is 2.07. The van der Waals surface area contributed by atoms with Gasteiger partial charge in [0.1, 0.15) is 0 Å². The molecule has 1 aromatic heterocycles. The van der Waals surface area contributed by atoms with Crippen molar-refractivity contribution in [2.24, 2.45) is 5.10 Å². The molecule has 0 saturated carbocycles. The summed E-state index contributed by atoms with van der Waals surface area (Å²) in [6, 6.07) is 15.9. The second-order valence-corrected chi connectivity index (χ2v) is 6.36. The zero-order valence-corrected chi connectivity index (χ0v) is 14.5. The molecule has 23 heavy (non-hydrogen) atoms. The Hall–Kier alpha value is -2.17. The van der Waals surface area contributed by atoms with Crippen molar-refractivity contribution >= 4 is 34.3 Å². The molecule has 0 unspecified atom stereocenters. The number of benzene rings is 2. The first-order valence-electron chi connectivity index (χ1n) is 7.19. The number of thiazole rings is 1. The highest BCUT2D eigenvalue weighted by Crippen LogP contribution is 2.31. The van der Waals surface area contributed by atoms with E-state index in [0.29, 0.717) is 5.02 Å². The second kappa shape index (κ2) is 6.94. The van der Waals surface area contributed by atoms with E-state index < -0.39 is 0 Å². The molecule has 1 heterocycles. The van der Waals surface area contributed by atoms with Crippen molar-refractivity contribution in [1.29, 1.82) is 0 Å². The lowest BCUT2D eigenvalue weighted by atomic mass is 10.1. The Kier molecular flexibility index (Phi) is 4.74.